The molecule has 0 bridgehead atoms. The smallest absolute Gasteiger partial charge is 0.123 e. The number of ether oxygens (including phenoxy) is 1. The molecule has 0 spiro atoms. The zero-order valence-electron chi connectivity index (χ0n) is 15.0. The van der Waals surface area contributed by atoms with Crippen LogP contribution in [0.25, 0.3) is 10.4 Å². The molecule has 1 saturated heterocycles. The Morgan fingerprint density at radius 2 is 1.86 bits per heavy atom. The zero-order valence-corrected chi connectivity index (χ0v) is 16.6. The van der Waals surface area contributed by atoms with Gasteiger partial charge >= 0.3 is 0 Å². The van der Waals surface area contributed by atoms with Crippen molar-refractivity contribution in [1.29, 1.82) is 0 Å². The highest BCUT2D eigenvalue weighted by molar-refractivity contribution is 7.15. The van der Waals surface area contributed by atoms with Gasteiger partial charge in [-0.3, -0.25) is 0 Å². The van der Waals surface area contributed by atoms with Gasteiger partial charge in [0, 0.05) is 27.6 Å². The number of hydrogen-bond donors (Lipinski definition) is 2. The Morgan fingerprint density at radius 1 is 1.07 bits per heavy atom. The van der Waals surface area contributed by atoms with Gasteiger partial charge in [0.15, 0.2) is 0 Å². The van der Waals surface area contributed by atoms with Crippen molar-refractivity contribution in [3.8, 4) is 10.4 Å². The first-order chi connectivity index (χ1) is 13.5. The number of aliphatic hydroxyl groups is 2. The molecule has 0 radical (unpaired) electrons. The Bertz CT molecular complexity index is 957. The van der Waals surface area contributed by atoms with Crippen LogP contribution in [0, 0.1) is 5.82 Å². The van der Waals surface area contributed by atoms with E-state index in [0.717, 1.165) is 26.4 Å². The van der Waals surface area contributed by atoms with Crippen LogP contribution in [0.2, 0.25) is 5.02 Å². The highest BCUT2D eigenvalue weighted by Gasteiger charge is 2.30. The van der Waals surface area contributed by atoms with Gasteiger partial charge in [-0.15, -0.1) is 11.3 Å². The Labute approximate surface area is 172 Å². The molecule has 0 aliphatic carbocycles. The van der Waals surface area contributed by atoms with Crippen molar-refractivity contribution in [2.24, 2.45) is 0 Å². The van der Waals surface area contributed by atoms with Crippen LogP contribution in [0.3, 0.4) is 0 Å². The van der Waals surface area contributed by atoms with E-state index >= 15 is 0 Å². The van der Waals surface area contributed by atoms with Crippen molar-refractivity contribution in [2.75, 3.05) is 6.61 Å². The average molecular weight is 419 g/mol. The molecule has 3 aromatic rings. The van der Waals surface area contributed by atoms with Crippen LogP contribution in [-0.4, -0.2) is 29.0 Å². The van der Waals surface area contributed by atoms with E-state index < -0.39 is 18.3 Å². The monoisotopic (exact) mass is 418 g/mol. The first kappa shape index (κ1) is 19.6. The fourth-order valence-corrected chi connectivity index (χ4v) is 4.67. The van der Waals surface area contributed by atoms with E-state index in [2.05, 4.69) is 6.07 Å². The number of rotatable bonds is 4. The molecule has 146 valence electrons. The summed E-state index contributed by atoms with van der Waals surface area (Å²) in [6.45, 7) is 0.214. The summed E-state index contributed by atoms with van der Waals surface area (Å²) in [6.07, 6.45) is -0.880. The third-order valence-corrected chi connectivity index (χ3v) is 6.39. The highest BCUT2D eigenvalue weighted by atomic mass is 35.5. The van der Waals surface area contributed by atoms with Gasteiger partial charge in [-0.25, -0.2) is 4.39 Å². The Kier molecular flexibility index (Phi) is 5.80. The lowest BCUT2D eigenvalue weighted by molar-refractivity contribution is -0.125. The zero-order chi connectivity index (χ0) is 19.7. The highest BCUT2D eigenvalue weighted by Crippen LogP contribution is 2.34. The fraction of sp³-hybridized carbons (Fsp3) is 0.273. The molecule has 0 saturated carbocycles. The van der Waals surface area contributed by atoms with Gasteiger partial charge < -0.3 is 14.9 Å². The minimum absolute atomic E-state index is 0.214. The second-order valence-corrected chi connectivity index (χ2v) is 8.59. The minimum atomic E-state index is -0.746. The number of thiophene rings is 1. The topological polar surface area (TPSA) is 49.7 Å². The van der Waals surface area contributed by atoms with Gasteiger partial charge in [0.05, 0.1) is 18.8 Å². The number of aliphatic hydroxyl groups excluding tert-OH is 2. The van der Waals surface area contributed by atoms with Crippen molar-refractivity contribution in [1.82, 2.24) is 0 Å². The van der Waals surface area contributed by atoms with E-state index in [0.29, 0.717) is 17.9 Å². The predicted molar refractivity (Wildman–Crippen MR) is 109 cm³/mol. The molecular weight excluding hydrogens is 399 g/mol. The van der Waals surface area contributed by atoms with Crippen LogP contribution in [0.15, 0.2) is 54.6 Å². The van der Waals surface area contributed by atoms with E-state index in [4.69, 9.17) is 16.3 Å². The molecule has 3 nitrogen and oxygen atoms in total. The molecule has 2 unspecified atom stereocenters. The van der Waals surface area contributed by atoms with E-state index in [9.17, 15) is 14.6 Å². The fourth-order valence-electron chi connectivity index (χ4n) is 3.45. The predicted octanol–water partition coefficient (Wildman–Crippen LogP) is 4.98. The van der Waals surface area contributed by atoms with Gasteiger partial charge in [0.2, 0.25) is 0 Å². The van der Waals surface area contributed by atoms with Crippen LogP contribution < -0.4 is 0 Å². The summed E-state index contributed by atoms with van der Waals surface area (Å²) >= 11 is 8.05. The molecule has 1 aliphatic rings. The maximum Gasteiger partial charge on any atom is 0.123 e. The van der Waals surface area contributed by atoms with Crippen molar-refractivity contribution in [3.63, 3.8) is 0 Å². The van der Waals surface area contributed by atoms with Crippen LogP contribution in [0.4, 0.5) is 4.39 Å². The number of hydrogen-bond acceptors (Lipinski definition) is 4. The summed E-state index contributed by atoms with van der Waals surface area (Å²) in [7, 11) is 0. The molecule has 2 heterocycles. The van der Waals surface area contributed by atoms with Crippen LogP contribution in [0.5, 0.6) is 0 Å². The van der Waals surface area contributed by atoms with Crippen molar-refractivity contribution in [2.45, 2.75) is 31.2 Å². The Hall–Kier alpha value is -1.76. The third kappa shape index (κ3) is 4.29. The van der Waals surface area contributed by atoms with Gasteiger partial charge in [0.1, 0.15) is 11.9 Å². The summed E-state index contributed by atoms with van der Waals surface area (Å²) in [5, 5.41) is 20.5. The average Bonchev–Trinajstić information content (AvgIpc) is 3.13. The van der Waals surface area contributed by atoms with Gasteiger partial charge in [-0.2, -0.15) is 0 Å². The lowest BCUT2D eigenvalue weighted by Crippen LogP contribution is -2.35. The molecule has 2 aromatic carbocycles. The van der Waals surface area contributed by atoms with Gasteiger partial charge in [0.25, 0.3) is 0 Å². The van der Waals surface area contributed by atoms with Crippen molar-refractivity contribution in [3.05, 3.63) is 81.4 Å². The number of benzene rings is 2. The van der Waals surface area contributed by atoms with Crippen molar-refractivity contribution >= 4 is 22.9 Å². The maximum atomic E-state index is 13.1. The molecule has 1 aromatic heterocycles. The minimum Gasteiger partial charge on any atom is -0.391 e. The quantitative estimate of drug-likeness (QED) is 0.628. The number of halogens is 2. The molecule has 1 fully saturated rings. The summed E-state index contributed by atoms with van der Waals surface area (Å²) in [5.74, 6) is -0.247. The third-order valence-electron chi connectivity index (χ3n) is 4.88. The molecule has 6 heteroatoms. The maximum absolute atomic E-state index is 13.1. The van der Waals surface area contributed by atoms with Crippen LogP contribution in [0.1, 0.15) is 28.5 Å². The van der Waals surface area contributed by atoms with Gasteiger partial charge in [-0.1, -0.05) is 35.9 Å². The molecule has 0 amide bonds. The van der Waals surface area contributed by atoms with Crippen LogP contribution >= 0.6 is 22.9 Å². The molecular formula is C22H20ClFO3S. The largest absolute Gasteiger partial charge is 0.391 e. The summed E-state index contributed by atoms with van der Waals surface area (Å²) < 4.78 is 18.8. The lowest BCUT2D eigenvalue weighted by Gasteiger charge is -2.31. The first-order valence-corrected chi connectivity index (χ1v) is 10.3. The van der Waals surface area contributed by atoms with E-state index in [1.165, 1.54) is 12.1 Å². The van der Waals surface area contributed by atoms with E-state index in [-0.39, 0.29) is 12.4 Å². The molecule has 28 heavy (non-hydrogen) atoms. The second-order valence-electron chi connectivity index (χ2n) is 7.01. The summed E-state index contributed by atoms with van der Waals surface area (Å²) in [5.41, 5.74) is 2.79. The summed E-state index contributed by atoms with van der Waals surface area (Å²) in [6, 6.07) is 16.2. The second kappa shape index (κ2) is 8.31. The van der Waals surface area contributed by atoms with E-state index in [1.54, 1.807) is 23.5 Å². The standard InChI is InChI=1S/C22H20ClFO3S/c23-19-7-3-14(22-20(26)11-17(25)12-27-22)9-15(19)10-18-6-8-21(28-18)13-1-4-16(24)5-2-13/h1-9,17,20,22,25-26H,10-12H2/t17?,20?,22-/m0/s1. The van der Waals surface area contributed by atoms with Crippen molar-refractivity contribution < 1.29 is 19.3 Å². The van der Waals surface area contributed by atoms with Gasteiger partial charge in [-0.05, 0) is 47.0 Å². The SMILES string of the molecule is OC1CO[C@@H](c2ccc(Cl)c(Cc3ccc(-c4ccc(F)cc4)s3)c2)C(O)C1. The first-order valence-electron chi connectivity index (χ1n) is 9.10. The molecule has 1 aliphatic heterocycles. The summed E-state index contributed by atoms with van der Waals surface area (Å²) in [4.78, 5) is 2.21. The molecule has 3 atom stereocenters. The molecule has 2 N–H and O–H groups in total. The van der Waals surface area contributed by atoms with Crippen LogP contribution in [-0.2, 0) is 11.2 Å². The Balaban J connectivity index is 1.54. The normalized spacial score (nSPS) is 22.4. The lowest BCUT2D eigenvalue weighted by atomic mass is 9.95. The Morgan fingerprint density at radius 3 is 2.61 bits per heavy atom. The van der Waals surface area contributed by atoms with E-state index in [1.807, 2.05) is 24.3 Å². The molecule has 4 rings (SSSR count).